The van der Waals surface area contributed by atoms with E-state index in [9.17, 15) is 22.4 Å². The summed E-state index contributed by atoms with van der Waals surface area (Å²) in [6.45, 7) is 4.82. The van der Waals surface area contributed by atoms with Gasteiger partial charge in [-0.3, -0.25) is 4.79 Å². The van der Waals surface area contributed by atoms with Gasteiger partial charge >= 0.3 is 6.18 Å². The van der Waals surface area contributed by atoms with E-state index < -0.39 is 29.6 Å². The zero-order valence-corrected chi connectivity index (χ0v) is 20.4. The van der Waals surface area contributed by atoms with E-state index in [1.165, 1.54) is 30.1 Å². The summed E-state index contributed by atoms with van der Waals surface area (Å²) in [5.74, 6) is -0.895. The van der Waals surface area contributed by atoms with E-state index in [0.717, 1.165) is 24.5 Å². The van der Waals surface area contributed by atoms with Crippen LogP contribution >= 0.6 is 11.9 Å². The van der Waals surface area contributed by atoms with Gasteiger partial charge in [-0.15, -0.1) is 0 Å². The number of hydrogen-bond donors (Lipinski definition) is 2. The highest BCUT2D eigenvalue weighted by atomic mass is 32.2. The molecule has 2 N–H and O–H groups in total. The maximum Gasteiger partial charge on any atom is 0.433 e. The number of fused-ring (bicyclic) bond motifs is 1. The molecule has 1 aromatic heterocycles. The van der Waals surface area contributed by atoms with Crippen molar-refractivity contribution < 1.29 is 22.4 Å². The molecular weight excluding hydrogens is 480 g/mol. The molecule has 0 spiro atoms. The minimum atomic E-state index is -4.57. The van der Waals surface area contributed by atoms with Gasteiger partial charge in [0.2, 0.25) is 0 Å². The molecular formula is C25H26F4N4OS. The van der Waals surface area contributed by atoms with Gasteiger partial charge in [-0.1, -0.05) is 11.9 Å². The molecule has 0 saturated carbocycles. The lowest BCUT2D eigenvalue weighted by Gasteiger charge is -2.22. The first kappa shape index (κ1) is 25.1. The minimum absolute atomic E-state index is 0.171. The second-order valence-electron chi connectivity index (χ2n) is 8.64. The highest BCUT2D eigenvalue weighted by molar-refractivity contribution is 7.99. The monoisotopic (exact) mass is 506 g/mol. The van der Waals surface area contributed by atoms with E-state index in [2.05, 4.69) is 15.0 Å². The Bertz CT molecular complexity index is 1260. The van der Waals surface area contributed by atoms with Crippen molar-refractivity contribution in [1.29, 1.82) is 0 Å². The third-order valence-corrected chi connectivity index (χ3v) is 6.58. The van der Waals surface area contributed by atoms with E-state index >= 15 is 0 Å². The first-order valence-corrected chi connectivity index (χ1v) is 12.5. The molecule has 1 aliphatic heterocycles. The van der Waals surface area contributed by atoms with Crippen molar-refractivity contribution in [2.45, 2.75) is 38.9 Å². The number of aromatic nitrogens is 1. The maximum atomic E-state index is 14.7. The fraction of sp³-hybridized carbons (Fsp3) is 0.360. The number of alkyl halides is 3. The van der Waals surface area contributed by atoms with Crippen LogP contribution in [0, 0.1) is 12.7 Å². The molecule has 0 unspecified atom stereocenters. The van der Waals surface area contributed by atoms with Crippen molar-refractivity contribution in [1.82, 2.24) is 10.3 Å². The number of anilines is 2. The standard InChI is InChI=1S/C25H26F4N4OS/c1-14-10-17(19(26)12-21(14)32-35-3)15(2)30-24(34)16-6-7-20-18(11-16)22(33-8-4-5-9-33)13-23(31-20)25(27,28)29/h6-7,10-13,15,32H,4-5,8-9H2,1-3H3,(H,30,34)/t15-/m1/s1. The molecule has 1 amide bonds. The van der Waals surface area contributed by atoms with Crippen LogP contribution in [0.1, 0.15) is 53.0 Å². The number of benzene rings is 2. The van der Waals surface area contributed by atoms with Gasteiger partial charge in [0.05, 0.1) is 11.6 Å². The van der Waals surface area contributed by atoms with Crippen molar-refractivity contribution in [3.8, 4) is 0 Å². The molecule has 1 aliphatic rings. The maximum absolute atomic E-state index is 14.7. The van der Waals surface area contributed by atoms with Gasteiger partial charge < -0.3 is 14.9 Å². The smallest absolute Gasteiger partial charge is 0.371 e. The van der Waals surface area contributed by atoms with Gasteiger partial charge in [-0.25, -0.2) is 9.37 Å². The van der Waals surface area contributed by atoms with Gasteiger partial charge in [0, 0.05) is 47.2 Å². The highest BCUT2D eigenvalue weighted by Crippen LogP contribution is 2.36. The lowest BCUT2D eigenvalue weighted by Crippen LogP contribution is -2.27. The van der Waals surface area contributed by atoms with Crippen LogP contribution in [0.3, 0.4) is 0 Å². The predicted molar refractivity (Wildman–Crippen MR) is 132 cm³/mol. The molecule has 3 aromatic rings. The van der Waals surface area contributed by atoms with Gasteiger partial charge in [-0.2, -0.15) is 13.2 Å². The Kier molecular flexibility index (Phi) is 7.12. The highest BCUT2D eigenvalue weighted by Gasteiger charge is 2.34. The van der Waals surface area contributed by atoms with E-state index in [1.54, 1.807) is 19.1 Å². The fourth-order valence-corrected chi connectivity index (χ4v) is 4.77. The average molecular weight is 507 g/mol. The Morgan fingerprint density at radius 3 is 2.51 bits per heavy atom. The SMILES string of the molecule is CSNc1cc(F)c([C@@H](C)NC(=O)c2ccc3nc(C(F)(F)F)cc(N4CCCC4)c3c2)cc1C. The molecule has 4 rings (SSSR count). The van der Waals surface area contributed by atoms with E-state index in [1.807, 2.05) is 18.1 Å². The Hall–Kier alpha value is -3.01. The van der Waals surface area contributed by atoms with Crippen LogP contribution < -0.4 is 14.9 Å². The van der Waals surface area contributed by atoms with Crippen molar-refractivity contribution in [3.05, 3.63) is 64.6 Å². The zero-order valence-electron chi connectivity index (χ0n) is 19.6. The Morgan fingerprint density at radius 1 is 1.14 bits per heavy atom. The molecule has 35 heavy (non-hydrogen) atoms. The van der Waals surface area contributed by atoms with Gasteiger partial charge in [-0.05, 0) is 68.7 Å². The van der Waals surface area contributed by atoms with Gasteiger partial charge in [0.25, 0.3) is 5.91 Å². The van der Waals surface area contributed by atoms with Crippen LogP contribution in [0.4, 0.5) is 28.9 Å². The number of hydrogen-bond acceptors (Lipinski definition) is 5. The molecule has 2 aromatic carbocycles. The number of amides is 1. The summed E-state index contributed by atoms with van der Waals surface area (Å²) >= 11 is 1.36. The lowest BCUT2D eigenvalue weighted by atomic mass is 10.0. The topological polar surface area (TPSA) is 57.3 Å². The number of nitrogens with zero attached hydrogens (tertiary/aromatic N) is 2. The van der Waals surface area contributed by atoms with Crippen molar-refractivity contribution >= 4 is 40.1 Å². The Morgan fingerprint density at radius 2 is 1.86 bits per heavy atom. The van der Waals surface area contributed by atoms with Gasteiger partial charge in [0.15, 0.2) is 0 Å². The number of aryl methyl sites for hydroxylation is 1. The second kappa shape index (κ2) is 9.93. The van der Waals surface area contributed by atoms with E-state index in [4.69, 9.17) is 0 Å². The Balaban J connectivity index is 1.65. The van der Waals surface area contributed by atoms with E-state index in [-0.39, 0.29) is 11.1 Å². The molecule has 5 nitrogen and oxygen atoms in total. The Labute approximate surface area is 205 Å². The zero-order chi connectivity index (χ0) is 25.3. The van der Waals surface area contributed by atoms with Crippen molar-refractivity contribution in [3.63, 3.8) is 0 Å². The quantitative estimate of drug-likeness (QED) is 0.296. The minimum Gasteiger partial charge on any atom is -0.371 e. The number of nitrogens with one attached hydrogen (secondary N) is 2. The number of carbonyl (C=O) groups is 1. The summed E-state index contributed by atoms with van der Waals surface area (Å²) in [4.78, 5) is 18.7. The van der Waals surface area contributed by atoms with Crippen LogP contribution in [-0.2, 0) is 6.18 Å². The molecule has 186 valence electrons. The average Bonchev–Trinajstić information content (AvgIpc) is 3.34. The van der Waals surface area contributed by atoms with Gasteiger partial charge in [0.1, 0.15) is 11.5 Å². The van der Waals surface area contributed by atoms with Crippen LogP contribution in [0.2, 0.25) is 0 Å². The van der Waals surface area contributed by atoms with Crippen LogP contribution in [0.25, 0.3) is 10.9 Å². The first-order chi connectivity index (χ1) is 16.6. The summed E-state index contributed by atoms with van der Waals surface area (Å²) in [6.07, 6.45) is -0.957. The summed E-state index contributed by atoms with van der Waals surface area (Å²) < 4.78 is 58.1. The molecule has 0 radical (unpaired) electrons. The number of carbonyl (C=O) groups excluding carboxylic acids is 1. The fourth-order valence-electron chi connectivity index (χ4n) is 4.33. The van der Waals surface area contributed by atoms with Crippen molar-refractivity contribution in [2.24, 2.45) is 0 Å². The first-order valence-electron chi connectivity index (χ1n) is 11.3. The molecule has 0 aliphatic carbocycles. The van der Waals surface area contributed by atoms with Crippen LogP contribution in [-0.4, -0.2) is 30.2 Å². The molecule has 2 heterocycles. The number of pyridine rings is 1. The lowest BCUT2D eigenvalue weighted by molar-refractivity contribution is -0.140. The van der Waals surface area contributed by atoms with Crippen LogP contribution in [0.15, 0.2) is 36.4 Å². The summed E-state index contributed by atoms with van der Waals surface area (Å²) in [5, 5.41) is 3.28. The second-order valence-corrected chi connectivity index (χ2v) is 9.25. The largest absolute Gasteiger partial charge is 0.433 e. The number of rotatable bonds is 6. The molecule has 0 bridgehead atoms. The molecule has 1 fully saturated rings. The molecule has 1 saturated heterocycles. The predicted octanol–water partition coefficient (Wildman–Crippen LogP) is 6.48. The molecule has 1 atom stereocenters. The third kappa shape index (κ3) is 5.32. The number of halogens is 4. The van der Waals surface area contributed by atoms with Crippen molar-refractivity contribution in [2.75, 3.05) is 29.0 Å². The van der Waals surface area contributed by atoms with Crippen LogP contribution in [0.5, 0.6) is 0 Å². The third-order valence-electron chi connectivity index (χ3n) is 6.16. The summed E-state index contributed by atoms with van der Waals surface area (Å²) in [6, 6.07) is 7.95. The van der Waals surface area contributed by atoms with E-state index in [0.29, 0.717) is 35.4 Å². The summed E-state index contributed by atoms with van der Waals surface area (Å²) in [5.41, 5.74) is 1.74. The molecule has 10 heteroatoms. The normalized spacial score (nSPS) is 14.9. The summed E-state index contributed by atoms with van der Waals surface area (Å²) in [7, 11) is 0.